The minimum absolute atomic E-state index is 0.221. The van der Waals surface area contributed by atoms with E-state index in [1.54, 1.807) is 11.3 Å². The van der Waals surface area contributed by atoms with Crippen LogP contribution in [0.15, 0.2) is 24.3 Å². The molecule has 0 spiro atoms. The maximum Gasteiger partial charge on any atom is 0.129 e. The van der Waals surface area contributed by atoms with Crippen LogP contribution in [-0.4, -0.2) is 5.11 Å². The van der Waals surface area contributed by atoms with Crippen LogP contribution in [0.1, 0.15) is 27.0 Å². The van der Waals surface area contributed by atoms with Gasteiger partial charge < -0.3 is 5.11 Å². The van der Waals surface area contributed by atoms with E-state index in [1.807, 2.05) is 19.9 Å². The normalized spacial score (nSPS) is 12.8. The van der Waals surface area contributed by atoms with Crippen molar-refractivity contribution >= 4 is 22.9 Å². The van der Waals surface area contributed by atoms with Crippen molar-refractivity contribution < 1.29 is 9.50 Å². The van der Waals surface area contributed by atoms with Crippen LogP contribution in [0, 0.1) is 19.7 Å². The van der Waals surface area contributed by atoms with Crippen LogP contribution in [0.2, 0.25) is 5.02 Å². The van der Waals surface area contributed by atoms with Crippen molar-refractivity contribution in [3.05, 3.63) is 56.0 Å². The zero-order chi connectivity index (χ0) is 12.6. The van der Waals surface area contributed by atoms with Gasteiger partial charge in [-0.15, -0.1) is 11.3 Å². The molecule has 4 heteroatoms. The van der Waals surface area contributed by atoms with E-state index >= 15 is 0 Å². The molecular weight excluding hydrogens is 259 g/mol. The SMILES string of the molecule is Cc1cc(C(O)c2cc(Cl)ccc2F)c(C)s1. The standard InChI is InChI=1S/C13H12ClFOS/c1-7-5-10(8(2)17-7)13(16)11-6-9(14)3-4-12(11)15/h3-6,13,16H,1-2H3. The number of halogens is 2. The lowest BCUT2D eigenvalue weighted by atomic mass is 10.0. The maximum absolute atomic E-state index is 13.6. The molecule has 2 aromatic rings. The second-order valence-corrected chi connectivity index (χ2v) is 5.83. The Bertz CT molecular complexity index is 550. The average molecular weight is 271 g/mol. The Labute approximate surface area is 108 Å². The number of aliphatic hydroxyl groups is 1. The fourth-order valence-electron chi connectivity index (χ4n) is 1.81. The Morgan fingerprint density at radius 3 is 2.53 bits per heavy atom. The van der Waals surface area contributed by atoms with E-state index < -0.39 is 11.9 Å². The molecule has 1 aromatic carbocycles. The van der Waals surface area contributed by atoms with Gasteiger partial charge in [0.2, 0.25) is 0 Å². The Kier molecular flexibility index (Phi) is 3.52. The summed E-state index contributed by atoms with van der Waals surface area (Å²) in [5.74, 6) is -0.440. The first kappa shape index (κ1) is 12.6. The summed E-state index contributed by atoms with van der Waals surface area (Å²) in [5.41, 5.74) is 0.965. The first-order chi connectivity index (χ1) is 7.99. The number of thiophene rings is 1. The number of benzene rings is 1. The van der Waals surface area contributed by atoms with Crippen LogP contribution in [0.5, 0.6) is 0 Å². The highest BCUT2D eigenvalue weighted by Crippen LogP contribution is 2.32. The van der Waals surface area contributed by atoms with Gasteiger partial charge in [0.15, 0.2) is 0 Å². The van der Waals surface area contributed by atoms with E-state index in [-0.39, 0.29) is 5.56 Å². The van der Waals surface area contributed by atoms with Gasteiger partial charge in [0.1, 0.15) is 11.9 Å². The summed E-state index contributed by atoms with van der Waals surface area (Å²) >= 11 is 7.41. The summed E-state index contributed by atoms with van der Waals surface area (Å²) in [6.07, 6.45) is -0.960. The molecule has 17 heavy (non-hydrogen) atoms. The molecule has 0 saturated carbocycles. The molecule has 90 valence electrons. The lowest BCUT2D eigenvalue weighted by Crippen LogP contribution is -2.02. The number of hydrogen-bond donors (Lipinski definition) is 1. The number of aliphatic hydroxyl groups excluding tert-OH is 1. The molecule has 2 rings (SSSR count). The second-order valence-electron chi connectivity index (χ2n) is 3.94. The molecule has 0 radical (unpaired) electrons. The van der Waals surface area contributed by atoms with Crippen LogP contribution < -0.4 is 0 Å². The van der Waals surface area contributed by atoms with Crippen LogP contribution in [0.3, 0.4) is 0 Å². The molecule has 1 nitrogen and oxygen atoms in total. The molecule has 0 bridgehead atoms. The summed E-state index contributed by atoms with van der Waals surface area (Å²) in [6.45, 7) is 3.88. The largest absolute Gasteiger partial charge is 0.384 e. The zero-order valence-corrected chi connectivity index (χ0v) is 11.1. The van der Waals surface area contributed by atoms with Crippen LogP contribution in [-0.2, 0) is 0 Å². The minimum atomic E-state index is -0.960. The maximum atomic E-state index is 13.6. The fraction of sp³-hybridized carbons (Fsp3) is 0.231. The minimum Gasteiger partial charge on any atom is -0.384 e. The third-order valence-electron chi connectivity index (χ3n) is 2.63. The predicted octanol–water partition coefficient (Wildman–Crippen LogP) is 4.24. The van der Waals surface area contributed by atoms with Gasteiger partial charge in [-0.05, 0) is 43.7 Å². The van der Waals surface area contributed by atoms with E-state index in [1.165, 1.54) is 18.2 Å². The van der Waals surface area contributed by atoms with Crippen molar-refractivity contribution in [3.8, 4) is 0 Å². The van der Waals surface area contributed by atoms with Gasteiger partial charge in [0, 0.05) is 20.3 Å². The number of rotatable bonds is 2. The van der Waals surface area contributed by atoms with Crippen molar-refractivity contribution in [1.82, 2.24) is 0 Å². The molecule has 0 saturated heterocycles. The Morgan fingerprint density at radius 2 is 1.94 bits per heavy atom. The summed E-state index contributed by atoms with van der Waals surface area (Å²) in [5, 5.41) is 10.6. The summed E-state index contributed by atoms with van der Waals surface area (Å²) in [6, 6.07) is 6.09. The molecule has 1 heterocycles. The highest BCUT2D eigenvalue weighted by Gasteiger charge is 2.18. The van der Waals surface area contributed by atoms with Gasteiger partial charge in [-0.3, -0.25) is 0 Å². The molecule has 0 fully saturated rings. The van der Waals surface area contributed by atoms with Gasteiger partial charge in [-0.1, -0.05) is 11.6 Å². The molecule has 1 unspecified atom stereocenters. The molecule has 0 aliphatic carbocycles. The van der Waals surface area contributed by atoms with Gasteiger partial charge in [-0.25, -0.2) is 4.39 Å². The molecule has 1 aromatic heterocycles. The van der Waals surface area contributed by atoms with Gasteiger partial charge in [0.25, 0.3) is 0 Å². The molecule has 0 amide bonds. The topological polar surface area (TPSA) is 20.2 Å². The van der Waals surface area contributed by atoms with Crippen molar-refractivity contribution in [2.75, 3.05) is 0 Å². The van der Waals surface area contributed by atoms with Crippen molar-refractivity contribution in [3.63, 3.8) is 0 Å². The molecule has 1 atom stereocenters. The average Bonchev–Trinajstić information content (AvgIpc) is 2.60. The van der Waals surface area contributed by atoms with Crippen LogP contribution in [0.25, 0.3) is 0 Å². The predicted molar refractivity (Wildman–Crippen MR) is 69.3 cm³/mol. The third kappa shape index (κ3) is 2.51. The van der Waals surface area contributed by atoms with Gasteiger partial charge in [-0.2, -0.15) is 0 Å². The van der Waals surface area contributed by atoms with E-state index in [0.29, 0.717) is 5.02 Å². The summed E-state index contributed by atoms with van der Waals surface area (Å²) in [4.78, 5) is 2.09. The first-order valence-corrected chi connectivity index (χ1v) is 6.38. The Hall–Kier alpha value is -0.900. The smallest absolute Gasteiger partial charge is 0.129 e. The van der Waals surface area contributed by atoms with E-state index in [4.69, 9.17) is 11.6 Å². The summed E-state index contributed by atoms with van der Waals surface area (Å²) < 4.78 is 13.6. The Balaban J connectivity index is 2.46. The number of aryl methyl sites for hydroxylation is 2. The van der Waals surface area contributed by atoms with Crippen LogP contribution in [0.4, 0.5) is 4.39 Å². The molecule has 0 aliphatic heterocycles. The lowest BCUT2D eigenvalue weighted by Gasteiger charge is -2.12. The molecule has 0 aliphatic rings. The van der Waals surface area contributed by atoms with Crippen LogP contribution >= 0.6 is 22.9 Å². The quantitative estimate of drug-likeness (QED) is 0.865. The van der Waals surface area contributed by atoms with Gasteiger partial charge in [0.05, 0.1) is 0 Å². The van der Waals surface area contributed by atoms with Crippen molar-refractivity contribution in [2.24, 2.45) is 0 Å². The van der Waals surface area contributed by atoms with E-state index in [0.717, 1.165) is 15.3 Å². The molecule has 1 N–H and O–H groups in total. The number of hydrogen-bond acceptors (Lipinski definition) is 2. The lowest BCUT2D eigenvalue weighted by molar-refractivity contribution is 0.215. The summed E-state index contributed by atoms with van der Waals surface area (Å²) in [7, 11) is 0. The third-order valence-corrected chi connectivity index (χ3v) is 3.84. The van der Waals surface area contributed by atoms with E-state index in [2.05, 4.69) is 0 Å². The van der Waals surface area contributed by atoms with Crippen molar-refractivity contribution in [1.29, 1.82) is 0 Å². The van der Waals surface area contributed by atoms with E-state index in [9.17, 15) is 9.50 Å². The fourth-order valence-corrected chi connectivity index (χ4v) is 2.95. The highest BCUT2D eigenvalue weighted by molar-refractivity contribution is 7.12. The van der Waals surface area contributed by atoms with Gasteiger partial charge >= 0.3 is 0 Å². The highest BCUT2D eigenvalue weighted by atomic mass is 35.5. The Morgan fingerprint density at radius 1 is 1.24 bits per heavy atom. The monoisotopic (exact) mass is 270 g/mol. The second kappa shape index (κ2) is 4.77. The first-order valence-electron chi connectivity index (χ1n) is 5.19. The molecular formula is C13H12ClFOS. The van der Waals surface area contributed by atoms with Crippen molar-refractivity contribution in [2.45, 2.75) is 20.0 Å². The zero-order valence-electron chi connectivity index (χ0n) is 9.50.